The Bertz CT molecular complexity index is 3180. The van der Waals surface area contributed by atoms with Crippen molar-refractivity contribution in [3.8, 4) is 44.5 Å². The Morgan fingerprint density at radius 3 is 0.667 bits per heavy atom. The van der Waals surface area contributed by atoms with E-state index in [1.54, 1.807) is 0 Å². The third kappa shape index (κ3) is 8.57. The van der Waals surface area contributed by atoms with Gasteiger partial charge in [0.25, 0.3) is 0 Å². The van der Waals surface area contributed by atoms with Gasteiger partial charge in [0.05, 0.1) is 65.2 Å². The number of rotatable bonds is 8. The van der Waals surface area contributed by atoms with E-state index in [1.165, 1.54) is 97.1 Å². The summed E-state index contributed by atoms with van der Waals surface area (Å²) in [5, 5.41) is 38.0. The first-order valence-electron chi connectivity index (χ1n) is 19.3. The van der Waals surface area contributed by atoms with Crippen molar-refractivity contribution >= 4 is 159 Å². The first-order valence-corrected chi connectivity index (χ1v) is 22.3. The second-order valence-electron chi connectivity index (χ2n) is 14.8. The van der Waals surface area contributed by atoms with Crippen LogP contribution in [0.2, 0.25) is 20.1 Å². The smallest absolute Gasteiger partial charge is 0.654 e. The van der Waals surface area contributed by atoms with Crippen LogP contribution in [0.5, 0.6) is 0 Å². The molecule has 0 fully saturated rings. The molecule has 2 aliphatic heterocycles. The third-order valence-corrected chi connectivity index (χ3v) is 14.2. The minimum atomic E-state index is -1.21. The van der Waals surface area contributed by atoms with Gasteiger partial charge in [0.1, 0.15) is 0 Å². The van der Waals surface area contributed by atoms with Crippen molar-refractivity contribution in [1.29, 1.82) is 0 Å². The zero-order chi connectivity index (χ0) is 48.6. The van der Waals surface area contributed by atoms with Crippen molar-refractivity contribution in [3.63, 3.8) is 0 Å². The number of hydrogen-bond acceptors (Lipinski definition) is 6. The van der Waals surface area contributed by atoms with E-state index in [-0.39, 0.29) is 147 Å². The second kappa shape index (κ2) is 19.2. The van der Waals surface area contributed by atoms with Gasteiger partial charge in [-0.2, -0.15) is 0 Å². The van der Waals surface area contributed by atoms with Crippen molar-refractivity contribution < 1.29 is 56.7 Å². The van der Waals surface area contributed by atoms with Gasteiger partial charge in [0, 0.05) is 20.1 Å². The number of nitrogens with zero attached hydrogens (tertiary/aromatic N) is 4. The summed E-state index contributed by atoms with van der Waals surface area (Å²) in [6.45, 7) is 0. The average molecular weight is 1120 g/mol. The molecule has 0 saturated carbocycles. The number of carboxylic acid groups (broad SMARTS) is 4. The summed E-state index contributed by atoms with van der Waals surface area (Å²) in [5.74, 6) is -4.84. The number of carboxylic acids is 4. The molecular formula is C48H20Cl8MnN4O8+. The van der Waals surface area contributed by atoms with Crippen LogP contribution in [0, 0.1) is 0 Å². The van der Waals surface area contributed by atoms with Crippen LogP contribution in [0.3, 0.4) is 0 Å². The van der Waals surface area contributed by atoms with Gasteiger partial charge in [0.2, 0.25) is 0 Å². The molecule has 0 radical (unpaired) electrons. The first-order chi connectivity index (χ1) is 32.4. The molecule has 4 aromatic carbocycles. The van der Waals surface area contributed by atoms with Crippen molar-refractivity contribution in [1.82, 2.24) is 19.9 Å². The van der Waals surface area contributed by atoms with Gasteiger partial charge in [-0.1, -0.05) is 141 Å². The summed E-state index contributed by atoms with van der Waals surface area (Å²) in [6, 6.07) is 22.5. The summed E-state index contributed by atoms with van der Waals surface area (Å²) in [4.78, 5) is 68.0. The van der Waals surface area contributed by atoms with Crippen LogP contribution >= 0.6 is 92.8 Å². The maximum atomic E-state index is 12.0. The molecule has 5 heterocycles. The predicted molar refractivity (Wildman–Crippen MR) is 266 cm³/mol. The molecule has 342 valence electrons. The molecule has 12 nitrogen and oxygen atoms in total. The zero-order valence-corrected chi connectivity index (χ0v) is 41.1. The minimum absolute atomic E-state index is 0. The van der Waals surface area contributed by atoms with Gasteiger partial charge in [-0.15, -0.1) is 22.1 Å². The molecular weight excluding hydrogens is 1100 g/mol. The first kappa shape index (κ1) is 49.6. The fraction of sp³-hybridized carbons (Fsp3) is 0. The van der Waals surface area contributed by atoms with Crippen LogP contribution in [-0.2, 0) is 17.1 Å². The average Bonchev–Trinajstić information content (AvgIpc) is 3.98. The number of aromatic nitrogens is 4. The number of carbonyl (C=O) groups is 4. The van der Waals surface area contributed by atoms with E-state index >= 15 is 0 Å². The van der Waals surface area contributed by atoms with Gasteiger partial charge < -0.3 is 30.4 Å². The Kier molecular flexibility index (Phi) is 13.8. The topological polar surface area (TPSA) is 203 Å². The third-order valence-electron chi connectivity index (χ3n) is 10.9. The van der Waals surface area contributed by atoms with E-state index in [9.17, 15) is 39.6 Å². The van der Waals surface area contributed by atoms with Gasteiger partial charge in [-0.3, -0.25) is 0 Å². The summed E-state index contributed by atoms with van der Waals surface area (Å²) < 4.78 is 0. The molecule has 0 aliphatic carbocycles. The summed E-state index contributed by atoms with van der Waals surface area (Å²) in [6.07, 6.45) is 0. The van der Waals surface area contributed by atoms with Gasteiger partial charge in [-0.25, -0.2) is 29.1 Å². The molecule has 0 atom stereocenters. The monoisotopic (exact) mass is 1110 g/mol. The Morgan fingerprint density at radius 2 is 0.507 bits per heavy atom. The van der Waals surface area contributed by atoms with Crippen LogP contribution in [0.1, 0.15) is 64.2 Å². The standard InChI is InChI=1S/C48H22Cl8N4O8.Mn/c49-29-31(51)39-26(18-3-11-22(12-4-18)46(63)64)41-33(53)35(55)43(59-41)28(20-7-15-24(16-8-20)48(67)68)44-36(56)34(54)42(60-44)27(19-5-13-23(14-6-19)47(65)66)40-32(52)30(50)38(58-40)25(37(29)57-39)17-1-9-21(10-2-17)45(61)62;/h1-16H,(H6,57,58,59,60,61,62,63,64,65,66,67,68);/q;+3/p-2. The molecule has 0 saturated heterocycles. The number of hydrogen-bond donors (Lipinski definition) is 4. The van der Waals surface area contributed by atoms with Crippen molar-refractivity contribution in [2.45, 2.75) is 0 Å². The number of halogens is 8. The fourth-order valence-corrected chi connectivity index (χ4v) is 9.47. The molecule has 9 rings (SSSR count). The molecule has 7 aromatic rings. The quantitative estimate of drug-likeness (QED) is 0.105. The van der Waals surface area contributed by atoms with Crippen molar-refractivity contribution in [2.24, 2.45) is 0 Å². The Morgan fingerprint density at radius 1 is 0.333 bits per heavy atom. The summed E-state index contributed by atoms with van der Waals surface area (Å²) in [7, 11) is 0. The molecule has 4 N–H and O–H groups in total. The van der Waals surface area contributed by atoms with E-state index < -0.39 is 23.9 Å². The van der Waals surface area contributed by atoms with Gasteiger partial charge in [0.15, 0.2) is 0 Å². The van der Waals surface area contributed by atoms with Crippen LogP contribution in [0.15, 0.2) is 97.1 Å². The number of aromatic carboxylic acids is 4. The molecule has 0 amide bonds. The zero-order valence-electron chi connectivity index (χ0n) is 33.8. The fourth-order valence-electron chi connectivity index (χ4n) is 7.66. The van der Waals surface area contributed by atoms with Crippen molar-refractivity contribution in [3.05, 3.63) is 162 Å². The maximum Gasteiger partial charge on any atom is 3.00 e. The van der Waals surface area contributed by atoms with Crippen LogP contribution in [0.25, 0.3) is 86.7 Å². The van der Waals surface area contributed by atoms with Gasteiger partial charge >= 0.3 is 40.9 Å². The molecule has 2 aliphatic rings. The van der Waals surface area contributed by atoms with E-state index in [1.807, 2.05) is 0 Å². The molecule has 3 aromatic heterocycles. The summed E-state index contributed by atoms with van der Waals surface area (Å²) >= 11 is 57.6. The molecule has 0 unspecified atom stereocenters. The second-order valence-corrected chi connectivity index (χ2v) is 17.8. The van der Waals surface area contributed by atoms with Gasteiger partial charge in [-0.05, 0) is 93.0 Å². The Hall–Kier alpha value is -5.80. The predicted octanol–water partition coefficient (Wildman–Crippen LogP) is 14.3. The number of fused-ring (bicyclic) bond motifs is 8. The van der Waals surface area contributed by atoms with Crippen LogP contribution < -0.4 is 9.97 Å². The molecule has 8 bridgehead atoms. The van der Waals surface area contributed by atoms with E-state index in [2.05, 4.69) is 0 Å². The van der Waals surface area contributed by atoms with Crippen LogP contribution in [0.4, 0.5) is 0 Å². The normalized spacial score (nSPS) is 12.3. The molecule has 21 heteroatoms. The molecule has 69 heavy (non-hydrogen) atoms. The van der Waals surface area contributed by atoms with Crippen molar-refractivity contribution in [2.75, 3.05) is 0 Å². The maximum absolute atomic E-state index is 12.0. The summed E-state index contributed by atoms with van der Waals surface area (Å²) in [5.41, 5.74) is 1.04. The number of benzene rings is 4. The van der Waals surface area contributed by atoms with Crippen LogP contribution in [-0.4, -0.2) is 54.3 Å². The molecule has 0 spiro atoms. The van der Waals surface area contributed by atoms with E-state index in [4.69, 9.17) is 113 Å². The van der Waals surface area contributed by atoms with E-state index in [0.29, 0.717) is 22.3 Å². The Labute approximate surface area is 438 Å². The Balaban J connectivity index is 0.00000642. The van der Waals surface area contributed by atoms with E-state index in [0.717, 1.165) is 0 Å². The minimum Gasteiger partial charge on any atom is -0.654 e. The SMILES string of the molecule is O=C(O)c1ccc(-c2c3nc(c(-c4ccc(C(=O)O)cc4)c4[n-]c(c(Cl)c4Cl)c(-c4ccc(C(=O)O)cc4)c4nc(c(-c5ccc(C(=O)O)cc5)c5[n-]c2c(Cl)c5Cl)C(Cl)=C4Cl)C(Cl)=C3Cl)cc1.[Mn+3]. The largest absolute Gasteiger partial charge is 3.00 e.